The Morgan fingerprint density at radius 1 is 1.61 bits per heavy atom. The van der Waals surface area contributed by atoms with E-state index < -0.39 is 29.7 Å². The number of nitrogens with zero attached hydrogens (tertiary/aromatic N) is 3. The number of alkyl halides is 1. The molecule has 4 atom stereocenters. The van der Waals surface area contributed by atoms with Crippen LogP contribution in [0.2, 0.25) is 0 Å². The summed E-state index contributed by atoms with van der Waals surface area (Å²) in [5, 5.41) is 13.4. The van der Waals surface area contributed by atoms with Gasteiger partial charge in [0.1, 0.15) is 23.6 Å². The molecule has 9 heteroatoms. The first-order valence-electron chi connectivity index (χ1n) is 7.16. The van der Waals surface area contributed by atoms with E-state index in [-0.39, 0.29) is 23.5 Å². The maximum Gasteiger partial charge on any atom is 0.251 e. The van der Waals surface area contributed by atoms with Crippen LogP contribution < -0.4 is 11.5 Å². The molecule has 0 saturated carbocycles. The maximum atomic E-state index is 15.2. The molecule has 0 aliphatic carbocycles. The van der Waals surface area contributed by atoms with Gasteiger partial charge in [-0.3, -0.25) is 4.79 Å². The Hall–Kier alpha value is -2.26. The van der Waals surface area contributed by atoms with Crippen molar-refractivity contribution in [3.63, 3.8) is 0 Å². The summed E-state index contributed by atoms with van der Waals surface area (Å²) in [5.74, 6) is -1.20. The van der Waals surface area contributed by atoms with Crippen LogP contribution in [0.4, 0.5) is 10.2 Å². The number of carbonyl (C=O) groups is 1. The Balaban J connectivity index is 2.21. The number of rotatable bonds is 3. The number of nitrogen functional groups attached to an aromatic ring is 1. The molecule has 1 aliphatic rings. The van der Waals surface area contributed by atoms with E-state index in [1.807, 2.05) is 0 Å². The van der Waals surface area contributed by atoms with Crippen LogP contribution in [0.5, 0.6) is 0 Å². The molecule has 23 heavy (non-hydrogen) atoms. The number of halogens is 1. The molecule has 3 heterocycles. The van der Waals surface area contributed by atoms with E-state index in [4.69, 9.17) is 16.2 Å². The number of carbonyl (C=O) groups excluding carboxylic acids is 1. The minimum Gasteiger partial charge on any atom is -0.394 e. The van der Waals surface area contributed by atoms with Crippen LogP contribution >= 0.6 is 0 Å². The number of nitrogens with two attached hydrogens (primary N) is 2. The summed E-state index contributed by atoms with van der Waals surface area (Å²) in [4.78, 5) is 15.5. The molecule has 8 nitrogen and oxygen atoms in total. The molecule has 1 amide bonds. The summed E-state index contributed by atoms with van der Waals surface area (Å²) >= 11 is 0. The average Bonchev–Trinajstić information content (AvgIpc) is 2.97. The van der Waals surface area contributed by atoms with Crippen LogP contribution in [0.15, 0.2) is 12.4 Å². The van der Waals surface area contributed by atoms with E-state index in [1.165, 1.54) is 23.8 Å². The van der Waals surface area contributed by atoms with E-state index in [9.17, 15) is 9.90 Å². The van der Waals surface area contributed by atoms with Crippen LogP contribution in [0.25, 0.3) is 5.52 Å². The average molecular weight is 323 g/mol. The molecular weight excluding hydrogens is 305 g/mol. The molecule has 0 radical (unpaired) electrons. The SMILES string of the molecule is C[C@@H]1[C@@H](CO)O[C@@H](c2cc(C(N)=O)c3c(N)ncnn23)[C@]1(C)F. The van der Waals surface area contributed by atoms with Gasteiger partial charge in [-0.15, -0.1) is 0 Å². The highest BCUT2D eigenvalue weighted by Crippen LogP contribution is 2.48. The smallest absolute Gasteiger partial charge is 0.251 e. The van der Waals surface area contributed by atoms with Crippen molar-refractivity contribution in [2.75, 3.05) is 12.3 Å². The molecular formula is C14H18FN5O3. The Kier molecular flexibility index (Phi) is 3.49. The van der Waals surface area contributed by atoms with Crippen molar-refractivity contribution in [3.8, 4) is 0 Å². The molecule has 1 fully saturated rings. The second-order valence-electron chi connectivity index (χ2n) is 5.93. The fourth-order valence-electron chi connectivity index (χ4n) is 3.05. The fourth-order valence-corrected chi connectivity index (χ4v) is 3.05. The molecule has 5 N–H and O–H groups in total. The third kappa shape index (κ3) is 2.15. The van der Waals surface area contributed by atoms with Gasteiger partial charge in [0.25, 0.3) is 5.91 Å². The van der Waals surface area contributed by atoms with E-state index in [0.717, 1.165) is 0 Å². The van der Waals surface area contributed by atoms with Gasteiger partial charge in [-0.2, -0.15) is 5.10 Å². The van der Waals surface area contributed by atoms with Crippen LogP contribution in [0.1, 0.15) is 36.0 Å². The van der Waals surface area contributed by atoms with E-state index >= 15 is 4.39 Å². The van der Waals surface area contributed by atoms with Gasteiger partial charge in [-0.25, -0.2) is 13.9 Å². The number of ether oxygens (including phenoxy) is 1. The lowest BCUT2D eigenvalue weighted by molar-refractivity contribution is -0.0200. The highest BCUT2D eigenvalue weighted by molar-refractivity contribution is 6.02. The number of anilines is 1. The highest BCUT2D eigenvalue weighted by Gasteiger charge is 2.53. The van der Waals surface area contributed by atoms with Crippen LogP contribution in [0, 0.1) is 5.92 Å². The first-order chi connectivity index (χ1) is 10.8. The zero-order chi connectivity index (χ0) is 16.9. The minimum atomic E-state index is -1.77. The molecule has 0 bridgehead atoms. The largest absolute Gasteiger partial charge is 0.394 e. The van der Waals surface area contributed by atoms with Crippen molar-refractivity contribution in [1.82, 2.24) is 14.6 Å². The molecule has 0 spiro atoms. The molecule has 1 saturated heterocycles. The predicted molar refractivity (Wildman–Crippen MR) is 79.3 cm³/mol. The number of primary amides is 1. The van der Waals surface area contributed by atoms with Crippen molar-refractivity contribution in [2.45, 2.75) is 31.7 Å². The second kappa shape index (κ2) is 5.14. The first kappa shape index (κ1) is 15.6. The third-order valence-corrected chi connectivity index (χ3v) is 4.60. The molecule has 3 rings (SSSR count). The van der Waals surface area contributed by atoms with Gasteiger partial charge in [-0.05, 0) is 13.0 Å². The van der Waals surface area contributed by atoms with E-state index in [2.05, 4.69) is 10.1 Å². The van der Waals surface area contributed by atoms with Gasteiger partial charge in [-0.1, -0.05) is 6.92 Å². The Morgan fingerprint density at radius 2 is 2.30 bits per heavy atom. The zero-order valence-electron chi connectivity index (χ0n) is 12.7. The number of aliphatic hydroxyl groups is 1. The number of aromatic nitrogens is 3. The maximum absolute atomic E-state index is 15.2. The number of hydrogen-bond acceptors (Lipinski definition) is 6. The standard InChI is InChI=1S/C14H18FN5O3/c1-6-9(4-21)23-11(14(6,2)15)8-3-7(13(17)22)10-12(16)18-5-19-20(8)10/h3,5-6,9,11,21H,4H2,1-2H3,(H2,17,22)(H2,16,18,19)/t6-,9-,11+,14-/m1/s1. The van der Waals surface area contributed by atoms with E-state index in [1.54, 1.807) is 6.92 Å². The number of hydrogen-bond donors (Lipinski definition) is 3. The van der Waals surface area contributed by atoms with Gasteiger partial charge >= 0.3 is 0 Å². The topological polar surface area (TPSA) is 129 Å². The number of fused-ring (bicyclic) bond motifs is 1. The summed E-state index contributed by atoms with van der Waals surface area (Å²) in [6, 6.07) is 1.41. The summed E-state index contributed by atoms with van der Waals surface area (Å²) in [7, 11) is 0. The van der Waals surface area contributed by atoms with E-state index in [0.29, 0.717) is 5.69 Å². The lowest BCUT2D eigenvalue weighted by Crippen LogP contribution is -2.32. The summed E-state index contributed by atoms with van der Waals surface area (Å²) in [5.41, 5.74) is 10.0. The molecule has 124 valence electrons. The van der Waals surface area contributed by atoms with Crippen molar-refractivity contribution in [2.24, 2.45) is 11.7 Å². The van der Waals surface area contributed by atoms with Crippen LogP contribution in [-0.2, 0) is 4.74 Å². The van der Waals surface area contributed by atoms with Crippen molar-refractivity contribution in [1.29, 1.82) is 0 Å². The summed E-state index contributed by atoms with van der Waals surface area (Å²) in [6.07, 6.45) is -0.477. The van der Waals surface area contributed by atoms with Gasteiger partial charge in [0.2, 0.25) is 0 Å². The Bertz CT molecular complexity index is 775. The fraction of sp³-hybridized carbons (Fsp3) is 0.500. The van der Waals surface area contributed by atoms with Gasteiger partial charge < -0.3 is 21.3 Å². The van der Waals surface area contributed by atoms with Crippen molar-refractivity contribution >= 4 is 17.2 Å². The highest BCUT2D eigenvalue weighted by atomic mass is 19.1. The lowest BCUT2D eigenvalue weighted by atomic mass is 9.86. The molecule has 2 aromatic rings. The van der Waals surface area contributed by atoms with Gasteiger partial charge in [0.05, 0.1) is 24.0 Å². The third-order valence-electron chi connectivity index (χ3n) is 4.60. The normalized spacial score (nSPS) is 30.9. The second-order valence-corrected chi connectivity index (χ2v) is 5.93. The minimum absolute atomic E-state index is 0.0605. The lowest BCUT2D eigenvalue weighted by Gasteiger charge is -2.24. The monoisotopic (exact) mass is 323 g/mol. The zero-order valence-corrected chi connectivity index (χ0v) is 12.7. The molecule has 0 unspecified atom stereocenters. The summed E-state index contributed by atoms with van der Waals surface area (Å²) in [6.45, 7) is 2.75. The predicted octanol–water partition coefficient (Wildman–Crippen LogP) is 0.207. The molecule has 1 aliphatic heterocycles. The first-order valence-corrected chi connectivity index (χ1v) is 7.16. The summed E-state index contributed by atoms with van der Waals surface area (Å²) < 4.78 is 22.2. The van der Waals surface area contributed by atoms with Crippen LogP contribution in [-0.4, -0.2) is 44.0 Å². The quantitative estimate of drug-likeness (QED) is 0.740. The number of aliphatic hydroxyl groups excluding tert-OH is 1. The van der Waals surface area contributed by atoms with Crippen molar-refractivity contribution in [3.05, 3.63) is 23.7 Å². The van der Waals surface area contributed by atoms with Crippen molar-refractivity contribution < 1.29 is 19.0 Å². The number of amides is 1. The van der Waals surface area contributed by atoms with Crippen LogP contribution in [0.3, 0.4) is 0 Å². The molecule has 0 aromatic carbocycles. The molecule has 2 aromatic heterocycles. The Labute approximate surface area is 131 Å². The Morgan fingerprint density at radius 3 is 2.87 bits per heavy atom. The van der Waals surface area contributed by atoms with Gasteiger partial charge in [0.15, 0.2) is 5.82 Å². The van der Waals surface area contributed by atoms with Gasteiger partial charge in [0, 0.05) is 5.92 Å².